The molecule has 1 aromatic rings. The molecule has 0 saturated heterocycles. The van der Waals surface area contributed by atoms with Crippen molar-refractivity contribution in [3.05, 3.63) is 18.2 Å². The number of nitrogens with one attached hydrogen (secondary N) is 1. The minimum Gasteiger partial charge on any atom is -0.370 e. The Morgan fingerprint density at radius 1 is 1.42 bits per heavy atom. The number of imidazole rings is 1. The van der Waals surface area contributed by atoms with Crippen molar-refractivity contribution >= 4 is 29.9 Å². The molecule has 0 aliphatic rings. The van der Waals surface area contributed by atoms with Crippen LogP contribution >= 0.6 is 24.0 Å². The molecule has 1 aromatic heterocycles. The van der Waals surface area contributed by atoms with Crippen molar-refractivity contribution in [2.24, 2.45) is 10.7 Å². The summed E-state index contributed by atoms with van der Waals surface area (Å²) in [5.74, 6) is 1.59. The molecule has 1 heterocycles. The molecule has 19 heavy (non-hydrogen) atoms. The van der Waals surface area contributed by atoms with Gasteiger partial charge in [0.15, 0.2) is 5.96 Å². The van der Waals surface area contributed by atoms with Crippen LogP contribution in [0.2, 0.25) is 0 Å². The Labute approximate surface area is 133 Å². The van der Waals surface area contributed by atoms with Crippen LogP contribution in [0.25, 0.3) is 0 Å². The Morgan fingerprint density at radius 3 is 2.63 bits per heavy atom. The minimum atomic E-state index is -0.0263. The third kappa shape index (κ3) is 8.07. The van der Waals surface area contributed by atoms with Crippen LogP contribution in [0.15, 0.2) is 17.4 Å². The second-order valence-electron chi connectivity index (χ2n) is 5.52. The van der Waals surface area contributed by atoms with Crippen LogP contribution in [-0.2, 0) is 6.54 Å². The van der Waals surface area contributed by atoms with Crippen LogP contribution in [0.3, 0.4) is 0 Å². The van der Waals surface area contributed by atoms with Crippen molar-refractivity contribution in [2.45, 2.75) is 52.6 Å². The van der Waals surface area contributed by atoms with E-state index in [2.05, 4.69) is 40.6 Å². The van der Waals surface area contributed by atoms with Gasteiger partial charge in [-0.25, -0.2) is 4.98 Å². The van der Waals surface area contributed by atoms with Gasteiger partial charge in [-0.3, -0.25) is 4.99 Å². The first-order valence-corrected chi connectivity index (χ1v) is 6.44. The van der Waals surface area contributed by atoms with Crippen LogP contribution in [-0.4, -0.2) is 27.6 Å². The van der Waals surface area contributed by atoms with E-state index in [-0.39, 0.29) is 29.5 Å². The highest BCUT2D eigenvalue weighted by Crippen LogP contribution is 2.00. The van der Waals surface area contributed by atoms with Gasteiger partial charge in [0.05, 0.1) is 0 Å². The number of halogens is 1. The highest BCUT2D eigenvalue weighted by molar-refractivity contribution is 14.0. The number of aromatic nitrogens is 2. The molecule has 0 fully saturated rings. The van der Waals surface area contributed by atoms with Gasteiger partial charge in [0.1, 0.15) is 5.82 Å². The van der Waals surface area contributed by atoms with Gasteiger partial charge in [0.25, 0.3) is 0 Å². The number of unbranched alkanes of at least 4 members (excludes halogenated alkanes) is 1. The molecule has 0 bridgehead atoms. The van der Waals surface area contributed by atoms with Crippen LogP contribution < -0.4 is 11.1 Å². The third-order valence-electron chi connectivity index (χ3n) is 2.52. The van der Waals surface area contributed by atoms with E-state index in [4.69, 9.17) is 5.73 Å². The summed E-state index contributed by atoms with van der Waals surface area (Å²) < 4.78 is 2.15. The molecule has 0 amide bonds. The normalized spacial score (nSPS) is 12.1. The molecule has 0 aromatic carbocycles. The van der Waals surface area contributed by atoms with E-state index in [9.17, 15) is 0 Å². The number of nitrogens with two attached hydrogens (primary N) is 1. The molecule has 1 rings (SSSR count). The van der Waals surface area contributed by atoms with Gasteiger partial charge in [0.2, 0.25) is 0 Å². The lowest BCUT2D eigenvalue weighted by atomic mass is 10.1. The lowest BCUT2D eigenvalue weighted by Gasteiger charge is -2.20. The summed E-state index contributed by atoms with van der Waals surface area (Å²) in [5, 5.41) is 3.15. The van der Waals surface area contributed by atoms with Crippen LogP contribution in [0, 0.1) is 6.92 Å². The zero-order valence-corrected chi connectivity index (χ0v) is 14.6. The zero-order chi connectivity index (χ0) is 13.6. The molecule has 0 unspecified atom stereocenters. The van der Waals surface area contributed by atoms with Gasteiger partial charge in [-0.05, 0) is 40.5 Å². The first-order chi connectivity index (χ1) is 8.38. The predicted molar refractivity (Wildman–Crippen MR) is 91.0 cm³/mol. The first-order valence-electron chi connectivity index (χ1n) is 6.44. The smallest absolute Gasteiger partial charge is 0.188 e. The summed E-state index contributed by atoms with van der Waals surface area (Å²) in [6.45, 7) is 9.98. The Bertz CT molecular complexity index is 392. The Balaban J connectivity index is 0.00000324. The second kappa shape index (κ2) is 8.39. The van der Waals surface area contributed by atoms with E-state index in [0.29, 0.717) is 5.96 Å². The molecule has 0 aliphatic carbocycles. The van der Waals surface area contributed by atoms with E-state index < -0.39 is 0 Å². The van der Waals surface area contributed by atoms with Crippen LogP contribution in [0.1, 0.15) is 39.4 Å². The molecule has 0 spiro atoms. The lowest BCUT2D eigenvalue weighted by Crippen LogP contribution is -2.45. The van der Waals surface area contributed by atoms with E-state index in [1.807, 2.05) is 19.3 Å². The summed E-state index contributed by atoms with van der Waals surface area (Å²) in [6, 6.07) is 0. The largest absolute Gasteiger partial charge is 0.370 e. The van der Waals surface area contributed by atoms with Crippen molar-refractivity contribution in [3.8, 4) is 0 Å². The molecular formula is C13H26IN5. The van der Waals surface area contributed by atoms with Crippen LogP contribution in [0.4, 0.5) is 0 Å². The number of guanidine groups is 1. The van der Waals surface area contributed by atoms with Gasteiger partial charge >= 0.3 is 0 Å². The van der Waals surface area contributed by atoms with Crippen molar-refractivity contribution in [1.82, 2.24) is 14.9 Å². The molecule has 5 nitrogen and oxygen atoms in total. The number of aryl methyl sites for hydroxylation is 2. The van der Waals surface area contributed by atoms with Crippen molar-refractivity contribution in [2.75, 3.05) is 6.54 Å². The second-order valence-corrected chi connectivity index (χ2v) is 5.52. The van der Waals surface area contributed by atoms with Crippen molar-refractivity contribution < 1.29 is 0 Å². The Kier molecular flexibility index (Phi) is 8.05. The third-order valence-corrected chi connectivity index (χ3v) is 2.52. The maximum absolute atomic E-state index is 5.78. The van der Waals surface area contributed by atoms with E-state index in [1.54, 1.807) is 0 Å². The average molecular weight is 379 g/mol. The SMILES string of the molecule is Cc1nccn1CCCCN=C(N)NC(C)(C)C.I. The number of hydrogen-bond donors (Lipinski definition) is 2. The maximum Gasteiger partial charge on any atom is 0.188 e. The van der Waals surface area contributed by atoms with Gasteiger partial charge in [-0.1, -0.05) is 0 Å². The van der Waals surface area contributed by atoms with Gasteiger partial charge in [0, 0.05) is 31.0 Å². The molecule has 110 valence electrons. The number of hydrogen-bond acceptors (Lipinski definition) is 2. The van der Waals surface area contributed by atoms with Crippen molar-refractivity contribution in [1.29, 1.82) is 0 Å². The summed E-state index contributed by atoms with van der Waals surface area (Å²) in [7, 11) is 0. The van der Waals surface area contributed by atoms with Crippen molar-refractivity contribution in [3.63, 3.8) is 0 Å². The monoisotopic (exact) mass is 379 g/mol. The fourth-order valence-corrected chi connectivity index (χ4v) is 1.66. The Morgan fingerprint density at radius 2 is 2.11 bits per heavy atom. The summed E-state index contributed by atoms with van der Waals surface area (Å²) in [4.78, 5) is 8.50. The number of aliphatic imine (C=N–C) groups is 1. The standard InChI is InChI=1S/C13H25N5.HI/c1-11-15-8-10-18(11)9-6-5-7-16-12(14)17-13(2,3)4;/h8,10H,5-7,9H2,1-4H3,(H3,14,16,17);1H. The molecule has 0 atom stereocenters. The number of rotatable bonds is 5. The highest BCUT2D eigenvalue weighted by Gasteiger charge is 2.09. The lowest BCUT2D eigenvalue weighted by molar-refractivity contribution is 0.507. The van der Waals surface area contributed by atoms with E-state index >= 15 is 0 Å². The Hall–Kier alpha value is -0.790. The summed E-state index contributed by atoms with van der Waals surface area (Å²) in [5.41, 5.74) is 5.76. The van der Waals surface area contributed by atoms with E-state index in [0.717, 1.165) is 31.8 Å². The summed E-state index contributed by atoms with van der Waals surface area (Å²) in [6.07, 6.45) is 5.96. The first kappa shape index (κ1) is 18.2. The molecule has 0 radical (unpaired) electrons. The van der Waals surface area contributed by atoms with Crippen LogP contribution in [0.5, 0.6) is 0 Å². The molecule has 6 heteroatoms. The molecule has 0 aliphatic heterocycles. The highest BCUT2D eigenvalue weighted by atomic mass is 127. The molecule has 3 N–H and O–H groups in total. The fourth-order valence-electron chi connectivity index (χ4n) is 1.66. The quantitative estimate of drug-likeness (QED) is 0.357. The van der Waals surface area contributed by atoms with Gasteiger partial charge in [-0.2, -0.15) is 0 Å². The maximum atomic E-state index is 5.78. The predicted octanol–water partition coefficient (Wildman–Crippen LogP) is 2.29. The fraction of sp³-hybridized carbons (Fsp3) is 0.692. The number of nitrogens with zero attached hydrogens (tertiary/aromatic N) is 3. The van der Waals surface area contributed by atoms with E-state index in [1.165, 1.54) is 0 Å². The molecule has 0 saturated carbocycles. The van der Waals surface area contributed by atoms with Gasteiger partial charge in [-0.15, -0.1) is 24.0 Å². The topological polar surface area (TPSA) is 68.2 Å². The summed E-state index contributed by atoms with van der Waals surface area (Å²) >= 11 is 0. The molecular weight excluding hydrogens is 353 g/mol. The average Bonchev–Trinajstić information content (AvgIpc) is 2.61. The zero-order valence-electron chi connectivity index (χ0n) is 12.3. The minimum absolute atomic E-state index is 0. The van der Waals surface area contributed by atoms with Gasteiger partial charge < -0.3 is 15.6 Å².